The van der Waals surface area contributed by atoms with Crippen molar-refractivity contribution < 1.29 is 0 Å². The van der Waals surface area contributed by atoms with Gasteiger partial charge in [-0.15, -0.1) is 10.2 Å². The van der Waals surface area contributed by atoms with Crippen LogP contribution in [0, 0.1) is 0 Å². The van der Waals surface area contributed by atoms with E-state index in [0.717, 1.165) is 40.6 Å². The van der Waals surface area contributed by atoms with Crippen LogP contribution >= 0.6 is 23.2 Å². The minimum Gasteiger partial charge on any atom is -0.324 e. The Balaban J connectivity index is 1.67. The molecule has 0 saturated carbocycles. The molecule has 6 nitrogen and oxygen atoms in total. The first-order valence-corrected chi connectivity index (χ1v) is 9.28. The number of nitrogens with one attached hydrogen (secondary N) is 1. The van der Waals surface area contributed by atoms with Crippen LogP contribution in [0.2, 0.25) is 10.0 Å². The van der Waals surface area contributed by atoms with E-state index in [1.165, 1.54) is 0 Å². The van der Waals surface area contributed by atoms with E-state index >= 15 is 0 Å². The second-order valence-corrected chi connectivity index (χ2v) is 6.86. The third-order valence-electron chi connectivity index (χ3n) is 4.15. The van der Waals surface area contributed by atoms with Gasteiger partial charge in [-0.2, -0.15) is 10.1 Å². The van der Waals surface area contributed by atoms with Crippen LogP contribution in [-0.4, -0.2) is 26.0 Å². The Hall–Kier alpha value is -2.70. The summed E-state index contributed by atoms with van der Waals surface area (Å²) in [6.07, 6.45) is 2.58. The van der Waals surface area contributed by atoms with Gasteiger partial charge < -0.3 is 4.57 Å². The number of para-hydroxylation sites is 1. The molecule has 4 aromatic rings. The number of nitrogens with zero attached hydrogens (tertiary/aromatic N) is 5. The first-order chi connectivity index (χ1) is 13.2. The van der Waals surface area contributed by atoms with Crippen molar-refractivity contribution in [3.8, 4) is 0 Å². The lowest BCUT2D eigenvalue weighted by Crippen LogP contribution is -2.03. The summed E-state index contributed by atoms with van der Waals surface area (Å²) in [5.74, 6) is 0.323. The summed E-state index contributed by atoms with van der Waals surface area (Å²) in [6.45, 7) is 2.99. The predicted octanol–water partition coefficient (Wildman–Crippen LogP) is 5.14. The highest BCUT2D eigenvalue weighted by atomic mass is 35.5. The van der Waals surface area contributed by atoms with E-state index < -0.39 is 0 Å². The minimum atomic E-state index is 0.323. The van der Waals surface area contributed by atoms with Gasteiger partial charge in [-0.25, -0.2) is 5.43 Å². The zero-order valence-corrected chi connectivity index (χ0v) is 16.0. The zero-order chi connectivity index (χ0) is 18.8. The highest BCUT2D eigenvalue weighted by molar-refractivity contribution is 6.36. The lowest BCUT2D eigenvalue weighted by Gasteiger charge is -2.04. The molecule has 27 heavy (non-hydrogen) atoms. The quantitative estimate of drug-likeness (QED) is 0.373. The SMILES string of the molecule is CCCn1c2ccccc2c2nnc(N/N=C/c3ccc(Cl)cc3Cl)nc21. The Kier molecular flexibility index (Phi) is 4.92. The molecule has 0 aliphatic rings. The van der Waals surface area contributed by atoms with Crippen LogP contribution in [0.15, 0.2) is 47.6 Å². The van der Waals surface area contributed by atoms with Gasteiger partial charge >= 0.3 is 0 Å². The molecule has 1 N–H and O–H groups in total. The van der Waals surface area contributed by atoms with E-state index in [9.17, 15) is 0 Å². The van der Waals surface area contributed by atoms with Gasteiger partial charge in [-0.05, 0) is 24.6 Å². The van der Waals surface area contributed by atoms with Gasteiger partial charge in [0.25, 0.3) is 5.95 Å². The monoisotopic (exact) mass is 398 g/mol. The molecule has 0 bridgehead atoms. The molecular formula is C19H16Cl2N6. The number of hydrazone groups is 1. The standard InChI is InChI=1S/C19H16Cl2N6/c1-2-9-27-16-6-4-3-5-14(16)17-18(27)23-19(26-24-17)25-22-11-12-7-8-13(20)10-15(12)21/h3-8,10-11H,2,9H2,1H3,(H,23,25,26)/b22-11+. The lowest BCUT2D eigenvalue weighted by molar-refractivity contribution is 0.716. The Morgan fingerprint density at radius 3 is 2.81 bits per heavy atom. The number of rotatable bonds is 5. The van der Waals surface area contributed by atoms with Crippen LogP contribution in [0.1, 0.15) is 18.9 Å². The molecule has 8 heteroatoms. The van der Waals surface area contributed by atoms with Crippen molar-refractivity contribution in [3.05, 3.63) is 58.1 Å². The van der Waals surface area contributed by atoms with Crippen molar-refractivity contribution in [3.63, 3.8) is 0 Å². The first kappa shape index (κ1) is 17.7. The van der Waals surface area contributed by atoms with Crippen LogP contribution in [-0.2, 0) is 6.54 Å². The summed E-state index contributed by atoms with van der Waals surface area (Å²) in [6, 6.07) is 13.3. The number of benzene rings is 2. The van der Waals surface area contributed by atoms with Crippen LogP contribution in [0.3, 0.4) is 0 Å². The van der Waals surface area contributed by atoms with Crippen molar-refractivity contribution in [1.82, 2.24) is 19.7 Å². The summed E-state index contributed by atoms with van der Waals surface area (Å²) >= 11 is 12.0. The largest absolute Gasteiger partial charge is 0.324 e. The molecule has 4 rings (SSSR count). The average Bonchev–Trinajstić information content (AvgIpc) is 2.98. The fourth-order valence-electron chi connectivity index (χ4n) is 2.97. The lowest BCUT2D eigenvalue weighted by atomic mass is 10.2. The maximum atomic E-state index is 6.14. The summed E-state index contributed by atoms with van der Waals surface area (Å²) in [7, 11) is 0. The number of hydrogen-bond acceptors (Lipinski definition) is 5. The molecule has 0 aliphatic heterocycles. The van der Waals surface area contributed by atoms with E-state index in [2.05, 4.69) is 43.3 Å². The molecule has 136 valence electrons. The molecule has 0 radical (unpaired) electrons. The predicted molar refractivity (Wildman–Crippen MR) is 111 cm³/mol. The summed E-state index contributed by atoms with van der Waals surface area (Å²) in [5, 5.41) is 14.8. The van der Waals surface area contributed by atoms with Crippen LogP contribution < -0.4 is 5.43 Å². The van der Waals surface area contributed by atoms with E-state index in [1.807, 2.05) is 18.2 Å². The van der Waals surface area contributed by atoms with Gasteiger partial charge in [0.15, 0.2) is 5.65 Å². The zero-order valence-electron chi connectivity index (χ0n) is 14.5. The molecular weight excluding hydrogens is 383 g/mol. The van der Waals surface area contributed by atoms with Crippen molar-refractivity contribution in [2.75, 3.05) is 5.43 Å². The fraction of sp³-hybridized carbons (Fsp3) is 0.158. The van der Waals surface area contributed by atoms with Crippen molar-refractivity contribution >= 4 is 57.4 Å². The van der Waals surface area contributed by atoms with Crippen molar-refractivity contribution in [2.45, 2.75) is 19.9 Å². The highest BCUT2D eigenvalue weighted by Crippen LogP contribution is 2.26. The van der Waals surface area contributed by atoms with Gasteiger partial charge in [0.2, 0.25) is 0 Å². The van der Waals surface area contributed by atoms with Gasteiger partial charge in [-0.3, -0.25) is 0 Å². The van der Waals surface area contributed by atoms with E-state index in [0.29, 0.717) is 16.0 Å². The maximum Gasteiger partial charge on any atom is 0.265 e. The minimum absolute atomic E-state index is 0.323. The first-order valence-electron chi connectivity index (χ1n) is 8.53. The third kappa shape index (κ3) is 3.46. The van der Waals surface area contributed by atoms with Crippen molar-refractivity contribution in [1.29, 1.82) is 0 Å². The molecule has 0 amide bonds. The number of aromatic nitrogens is 4. The summed E-state index contributed by atoms with van der Waals surface area (Å²) < 4.78 is 2.16. The highest BCUT2D eigenvalue weighted by Gasteiger charge is 2.13. The molecule has 0 saturated heterocycles. The molecule has 0 atom stereocenters. The smallest absolute Gasteiger partial charge is 0.265 e. The Labute approximate surface area is 165 Å². The Morgan fingerprint density at radius 2 is 2.00 bits per heavy atom. The van der Waals surface area contributed by atoms with Gasteiger partial charge in [0.05, 0.1) is 16.8 Å². The number of halogens is 2. The van der Waals surface area contributed by atoms with Crippen LogP contribution in [0.4, 0.5) is 5.95 Å². The maximum absolute atomic E-state index is 6.14. The van der Waals surface area contributed by atoms with Crippen molar-refractivity contribution in [2.24, 2.45) is 5.10 Å². The Bertz CT molecular complexity index is 1150. The molecule has 0 aliphatic carbocycles. The summed E-state index contributed by atoms with van der Waals surface area (Å²) in [4.78, 5) is 4.61. The van der Waals surface area contributed by atoms with Gasteiger partial charge in [-0.1, -0.05) is 54.4 Å². The van der Waals surface area contributed by atoms with E-state index in [4.69, 9.17) is 23.2 Å². The average molecular weight is 399 g/mol. The van der Waals surface area contributed by atoms with E-state index in [-0.39, 0.29) is 0 Å². The van der Waals surface area contributed by atoms with Crippen LogP contribution in [0.25, 0.3) is 22.1 Å². The second kappa shape index (κ2) is 7.50. The molecule has 2 aromatic heterocycles. The van der Waals surface area contributed by atoms with Gasteiger partial charge in [0, 0.05) is 22.5 Å². The number of aryl methyl sites for hydroxylation is 1. The second-order valence-electron chi connectivity index (χ2n) is 6.01. The molecule has 0 unspecified atom stereocenters. The molecule has 2 aromatic carbocycles. The number of anilines is 1. The summed E-state index contributed by atoms with van der Waals surface area (Å²) in [5.41, 5.74) is 6.23. The van der Waals surface area contributed by atoms with Gasteiger partial charge in [0.1, 0.15) is 5.52 Å². The van der Waals surface area contributed by atoms with Crippen LogP contribution in [0.5, 0.6) is 0 Å². The third-order valence-corrected chi connectivity index (χ3v) is 4.71. The normalized spacial score (nSPS) is 11.7. The number of hydrogen-bond donors (Lipinski definition) is 1. The molecule has 2 heterocycles. The topological polar surface area (TPSA) is 68.0 Å². The Morgan fingerprint density at radius 1 is 1.15 bits per heavy atom. The van der Waals surface area contributed by atoms with E-state index in [1.54, 1.807) is 24.4 Å². The molecule has 0 fully saturated rings. The number of fused-ring (bicyclic) bond motifs is 3. The fourth-order valence-corrected chi connectivity index (χ4v) is 3.42. The molecule has 0 spiro atoms.